The molecule has 0 saturated heterocycles. The number of pyridine rings is 1. The summed E-state index contributed by atoms with van der Waals surface area (Å²) in [6.07, 6.45) is 3.46. The first-order valence-electron chi connectivity index (χ1n) is 5.34. The van der Waals surface area contributed by atoms with Gasteiger partial charge in [-0.15, -0.1) is 0 Å². The molecule has 2 aromatic rings. The van der Waals surface area contributed by atoms with Crippen molar-refractivity contribution in [3.63, 3.8) is 0 Å². The summed E-state index contributed by atoms with van der Waals surface area (Å²) in [5.41, 5.74) is 5.51. The number of halogens is 1. The van der Waals surface area contributed by atoms with E-state index in [0.717, 1.165) is 16.7 Å². The van der Waals surface area contributed by atoms with Crippen molar-refractivity contribution in [2.24, 2.45) is 5.84 Å². The first-order chi connectivity index (χ1) is 8.22. The lowest BCUT2D eigenvalue weighted by atomic mass is 9.97. The number of benzene rings is 1. The molecular weight excluding hydrogens is 217 g/mol. The zero-order valence-corrected chi connectivity index (χ0v) is 9.52. The average molecular weight is 231 g/mol. The molecule has 1 atom stereocenters. The third kappa shape index (κ3) is 2.49. The van der Waals surface area contributed by atoms with Crippen LogP contribution in [0.5, 0.6) is 0 Å². The van der Waals surface area contributed by atoms with Crippen molar-refractivity contribution in [3.05, 3.63) is 65.2 Å². The molecule has 0 saturated carbocycles. The minimum Gasteiger partial charge on any atom is -0.271 e. The van der Waals surface area contributed by atoms with Gasteiger partial charge in [-0.1, -0.05) is 12.1 Å². The Kier molecular flexibility index (Phi) is 3.46. The highest BCUT2D eigenvalue weighted by Crippen LogP contribution is 2.23. The second-order valence-electron chi connectivity index (χ2n) is 3.89. The van der Waals surface area contributed by atoms with Gasteiger partial charge < -0.3 is 0 Å². The number of hydrazine groups is 1. The molecule has 1 unspecified atom stereocenters. The van der Waals surface area contributed by atoms with E-state index in [0.29, 0.717) is 0 Å². The van der Waals surface area contributed by atoms with Crippen LogP contribution in [0.3, 0.4) is 0 Å². The molecule has 1 heterocycles. The normalized spacial score (nSPS) is 12.4. The summed E-state index contributed by atoms with van der Waals surface area (Å²) in [5, 5.41) is 0. The van der Waals surface area contributed by atoms with Gasteiger partial charge in [0, 0.05) is 12.4 Å². The van der Waals surface area contributed by atoms with Crippen molar-refractivity contribution in [2.45, 2.75) is 13.0 Å². The van der Waals surface area contributed by atoms with Crippen LogP contribution in [0.1, 0.15) is 22.7 Å². The fourth-order valence-corrected chi connectivity index (χ4v) is 1.86. The molecule has 3 N–H and O–H groups in total. The summed E-state index contributed by atoms with van der Waals surface area (Å²) in [7, 11) is 0. The first kappa shape index (κ1) is 11.7. The molecule has 0 aliphatic heterocycles. The van der Waals surface area contributed by atoms with Gasteiger partial charge in [0.05, 0.1) is 6.04 Å². The zero-order chi connectivity index (χ0) is 12.3. The summed E-state index contributed by atoms with van der Waals surface area (Å²) in [5.74, 6) is 5.29. The minimum atomic E-state index is -0.269. The van der Waals surface area contributed by atoms with Gasteiger partial charge in [-0.2, -0.15) is 0 Å². The maximum atomic E-state index is 13.2. The summed E-state index contributed by atoms with van der Waals surface area (Å²) in [4.78, 5) is 4.03. The van der Waals surface area contributed by atoms with Gasteiger partial charge in [0.1, 0.15) is 5.82 Å². The molecule has 0 aliphatic rings. The molecule has 1 aromatic carbocycles. The smallest absolute Gasteiger partial charge is 0.123 e. The Balaban J connectivity index is 2.44. The zero-order valence-electron chi connectivity index (χ0n) is 9.52. The lowest BCUT2D eigenvalue weighted by Crippen LogP contribution is -2.29. The summed E-state index contributed by atoms with van der Waals surface area (Å²) in [6.45, 7) is 1.95. The number of nitrogens with two attached hydrogens (primary N) is 1. The highest BCUT2D eigenvalue weighted by molar-refractivity contribution is 5.35. The van der Waals surface area contributed by atoms with E-state index in [2.05, 4.69) is 10.4 Å². The molecule has 4 heteroatoms. The second kappa shape index (κ2) is 5.03. The van der Waals surface area contributed by atoms with Gasteiger partial charge in [0.15, 0.2) is 0 Å². The molecule has 0 bridgehead atoms. The molecule has 3 nitrogen and oxygen atoms in total. The number of hydrogen-bond acceptors (Lipinski definition) is 3. The lowest BCUT2D eigenvalue weighted by Gasteiger charge is -2.18. The number of aryl methyl sites for hydroxylation is 1. The third-order valence-electron chi connectivity index (χ3n) is 2.72. The van der Waals surface area contributed by atoms with E-state index in [9.17, 15) is 4.39 Å². The van der Waals surface area contributed by atoms with Gasteiger partial charge in [-0.25, -0.2) is 9.82 Å². The van der Waals surface area contributed by atoms with Crippen LogP contribution in [-0.2, 0) is 0 Å². The molecule has 0 spiro atoms. The monoisotopic (exact) mass is 231 g/mol. The molecular formula is C13H14FN3. The molecule has 17 heavy (non-hydrogen) atoms. The number of nitrogens with one attached hydrogen (secondary N) is 1. The molecule has 1 aromatic heterocycles. The number of aromatic nitrogens is 1. The molecule has 0 fully saturated rings. The van der Waals surface area contributed by atoms with Crippen LogP contribution in [0.2, 0.25) is 0 Å². The van der Waals surface area contributed by atoms with E-state index < -0.39 is 0 Å². The van der Waals surface area contributed by atoms with Crippen LogP contribution in [-0.4, -0.2) is 4.98 Å². The number of rotatable bonds is 3. The van der Waals surface area contributed by atoms with Gasteiger partial charge in [-0.05, 0) is 41.8 Å². The van der Waals surface area contributed by atoms with Crippen molar-refractivity contribution in [2.75, 3.05) is 0 Å². The third-order valence-corrected chi connectivity index (χ3v) is 2.72. The van der Waals surface area contributed by atoms with E-state index in [1.54, 1.807) is 18.5 Å². The lowest BCUT2D eigenvalue weighted by molar-refractivity contribution is 0.603. The van der Waals surface area contributed by atoms with Crippen molar-refractivity contribution in [1.29, 1.82) is 0 Å². The van der Waals surface area contributed by atoms with E-state index in [1.165, 1.54) is 12.1 Å². The predicted octanol–water partition coefficient (Wildman–Crippen LogP) is 2.08. The van der Waals surface area contributed by atoms with Gasteiger partial charge in [0.2, 0.25) is 0 Å². The summed E-state index contributed by atoms with van der Waals surface area (Å²) >= 11 is 0. The van der Waals surface area contributed by atoms with Crippen molar-refractivity contribution < 1.29 is 4.39 Å². The topological polar surface area (TPSA) is 50.9 Å². The van der Waals surface area contributed by atoms with E-state index in [1.807, 2.05) is 19.1 Å². The van der Waals surface area contributed by atoms with Crippen LogP contribution in [0.4, 0.5) is 4.39 Å². The van der Waals surface area contributed by atoms with Gasteiger partial charge in [-0.3, -0.25) is 10.8 Å². The van der Waals surface area contributed by atoms with E-state index in [-0.39, 0.29) is 11.9 Å². The van der Waals surface area contributed by atoms with Gasteiger partial charge >= 0.3 is 0 Å². The summed E-state index contributed by atoms with van der Waals surface area (Å²) in [6, 6.07) is 8.05. The van der Waals surface area contributed by atoms with Crippen LogP contribution >= 0.6 is 0 Å². The maximum Gasteiger partial charge on any atom is 0.123 e. The second-order valence-corrected chi connectivity index (χ2v) is 3.89. The van der Waals surface area contributed by atoms with Crippen molar-refractivity contribution >= 4 is 0 Å². The SMILES string of the molecule is Cc1cnccc1C(NN)c1cccc(F)c1. The highest BCUT2D eigenvalue weighted by Gasteiger charge is 2.14. The van der Waals surface area contributed by atoms with Crippen molar-refractivity contribution in [1.82, 2.24) is 10.4 Å². The molecule has 0 amide bonds. The Hall–Kier alpha value is -1.78. The van der Waals surface area contributed by atoms with Crippen LogP contribution in [0, 0.1) is 12.7 Å². The van der Waals surface area contributed by atoms with Crippen LogP contribution < -0.4 is 11.3 Å². The number of nitrogens with zero attached hydrogens (tertiary/aromatic N) is 1. The first-order valence-corrected chi connectivity index (χ1v) is 5.34. The maximum absolute atomic E-state index is 13.2. The van der Waals surface area contributed by atoms with E-state index >= 15 is 0 Å². The Morgan fingerprint density at radius 3 is 2.82 bits per heavy atom. The fourth-order valence-electron chi connectivity index (χ4n) is 1.86. The Bertz CT molecular complexity index is 514. The largest absolute Gasteiger partial charge is 0.271 e. The molecule has 88 valence electrons. The van der Waals surface area contributed by atoms with Crippen molar-refractivity contribution in [3.8, 4) is 0 Å². The fraction of sp³-hybridized carbons (Fsp3) is 0.154. The Labute approximate surface area is 99.5 Å². The van der Waals surface area contributed by atoms with Crippen LogP contribution in [0.15, 0.2) is 42.7 Å². The highest BCUT2D eigenvalue weighted by atomic mass is 19.1. The standard InChI is InChI=1S/C13H14FN3/c1-9-8-16-6-5-12(9)13(17-15)10-3-2-4-11(14)7-10/h2-8,13,17H,15H2,1H3. The molecule has 2 rings (SSSR count). The van der Waals surface area contributed by atoms with Crippen LogP contribution in [0.25, 0.3) is 0 Å². The number of hydrogen-bond donors (Lipinski definition) is 2. The quantitative estimate of drug-likeness (QED) is 0.628. The van der Waals surface area contributed by atoms with E-state index in [4.69, 9.17) is 5.84 Å². The Morgan fingerprint density at radius 2 is 2.18 bits per heavy atom. The Morgan fingerprint density at radius 1 is 1.35 bits per heavy atom. The predicted molar refractivity (Wildman–Crippen MR) is 64.5 cm³/mol. The average Bonchev–Trinajstić information content (AvgIpc) is 2.33. The summed E-state index contributed by atoms with van der Waals surface area (Å²) < 4.78 is 13.2. The molecule has 0 aliphatic carbocycles. The minimum absolute atomic E-state index is 0.228. The van der Waals surface area contributed by atoms with Gasteiger partial charge in [0.25, 0.3) is 0 Å². The molecule has 0 radical (unpaired) electrons.